The Morgan fingerprint density at radius 3 is 1.49 bits per heavy atom. The third-order valence-corrected chi connectivity index (χ3v) is 10.4. The van der Waals surface area contributed by atoms with Crippen LogP contribution in [0.25, 0.3) is 0 Å². The number of unbranched alkanes of at least 4 members (excludes halogenated alkanes) is 14. The monoisotopic (exact) mass is 846 g/mol. The summed E-state index contributed by atoms with van der Waals surface area (Å²) in [5.41, 5.74) is 0. The van der Waals surface area contributed by atoms with E-state index in [1.54, 1.807) is 0 Å². The molecule has 340 valence electrons. The van der Waals surface area contributed by atoms with Crippen LogP contribution in [0.4, 0.5) is 0 Å². The van der Waals surface area contributed by atoms with Crippen LogP contribution in [0, 0.1) is 0 Å². The predicted molar refractivity (Wildman–Crippen MR) is 249 cm³/mol. The van der Waals surface area contributed by atoms with Crippen LogP contribution in [0.1, 0.15) is 168 Å². The fourth-order valence-electron chi connectivity index (χ4n) is 5.84. The number of carbonyl (C=O) groups excluding carboxylic acids is 1. The first-order valence-electron chi connectivity index (χ1n) is 23.3. The topological polar surface area (TPSA) is 94.1 Å². The van der Waals surface area contributed by atoms with Gasteiger partial charge in [-0.1, -0.05) is 157 Å². The number of hydrogen-bond acceptors (Lipinski definition) is 7. The van der Waals surface area contributed by atoms with Crippen molar-refractivity contribution in [3.8, 4) is 0 Å². The molecule has 0 saturated heterocycles. The molecule has 0 fully saturated rings. The van der Waals surface area contributed by atoms with Crippen molar-refractivity contribution in [3.63, 3.8) is 0 Å². The van der Waals surface area contributed by atoms with Crippen molar-refractivity contribution < 1.29 is 37.3 Å². The molecular formula is C50H88NO7P. The van der Waals surface area contributed by atoms with Crippen molar-refractivity contribution in [1.82, 2.24) is 0 Å². The van der Waals surface area contributed by atoms with Gasteiger partial charge in [0.05, 0.1) is 34.4 Å². The smallest absolute Gasteiger partial charge is 0.306 e. The highest BCUT2D eigenvalue weighted by Crippen LogP contribution is 2.38. The summed E-state index contributed by atoms with van der Waals surface area (Å²) in [6.07, 6.45) is 56.0. The summed E-state index contributed by atoms with van der Waals surface area (Å²) >= 11 is 0. The zero-order valence-corrected chi connectivity index (χ0v) is 39.3. The molecule has 2 atom stereocenters. The van der Waals surface area contributed by atoms with Gasteiger partial charge in [-0.25, -0.2) is 0 Å². The average Bonchev–Trinajstić information content (AvgIpc) is 3.19. The molecule has 0 amide bonds. The fraction of sp³-hybridized carbons (Fsp3) is 0.700. The Bertz CT molecular complexity index is 1210. The molecule has 0 aromatic carbocycles. The first kappa shape index (κ1) is 56.7. The minimum atomic E-state index is -4.54. The lowest BCUT2D eigenvalue weighted by molar-refractivity contribution is -0.870. The summed E-state index contributed by atoms with van der Waals surface area (Å²) in [4.78, 5) is 25.1. The minimum Gasteiger partial charge on any atom is -0.756 e. The summed E-state index contributed by atoms with van der Waals surface area (Å²) in [6, 6.07) is 0. The van der Waals surface area contributed by atoms with Crippen molar-refractivity contribution in [2.45, 2.75) is 174 Å². The molecule has 0 saturated carbocycles. The second-order valence-corrected chi connectivity index (χ2v) is 17.8. The van der Waals surface area contributed by atoms with Gasteiger partial charge in [-0.05, 0) is 89.9 Å². The average molecular weight is 846 g/mol. The van der Waals surface area contributed by atoms with Gasteiger partial charge in [0.1, 0.15) is 19.3 Å². The van der Waals surface area contributed by atoms with Gasteiger partial charge in [0.2, 0.25) is 0 Å². The van der Waals surface area contributed by atoms with E-state index in [0.717, 1.165) is 96.3 Å². The molecule has 0 N–H and O–H groups in total. The fourth-order valence-corrected chi connectivity index (χ4v) is 6.57. The van der Waals surface area contributed by atoms with E-state index in [1.165, 1.54) is 51.4 Å². The molecule has 59 heavy (non-hydrogen) atoms. The van der Waals surface area contributed by atoms with Gasteiger partial charge in [0, 0.05) is 13.0 Å². The van der Waals surface area contributed by atoms with Crippen LogP contribution < -0.4 is 4.89 Å². The SMILES string of the molecule is CC/C=C\C/C=C\C/C=C\C/C=C\C/C=C\C/C=C\CCCCCOCC(COP(=O)([O-])OCC[N+](C)(C)C)OC(=O)CCCCCCC/C=C\CCCCCCCC. The van der Waals surface area contributed by atoms with Crippen molar-refractivity contribution in [1.29, 1.82) is 0 Å². The summed E-state index contributed by atoms with van der Waals surface area (Å²) in [7, 11) is 1.31. The van der Waals surface area contributed by atoms with Gasteiger partial charge in [0.15, 0.2) is 0 Å². The molecule has 0 aliphatic carbocycles. The number of ether oxygens (including phenoxy) is 2. The van der Waals surface area contributed by atoms with Crippen molar-refractivity contribution in [2.24, 2.45) is 0 Å². The Morgan fingerprint density at radius 1 is 0.542 bits per heavy atom. The number of nitrogens with zero attached hydrogens (tertiary/aromatic N) is 1. The van der Waals surface area contributed by atoms with Gasteiger partial charge in [-0.3, -0.25) is 9.36 Å². The number of quaternary nitrogens is 1. The first-order valence-corrected chi connectivity index (χ1v) is 24.8. The van der Waals surface area contributed by atoms with E-state index in [-0.39, 0.29) is 32.2 Å². The summed E-state index contributed by atoms with van der Waals surface area (Å²) in [5.74, 6) is -0.358. The molecule has 0 heterocycles. The highest BCUT2D eigenvalue weighted by Gasteiger charge is 2.20. The number of hydrogen-bond donors (Lipinski definition) is 0. The van der Waals surface area contributed by atoms with Crippen LogP contribution >= 0.6 is 7.82 Å². The normalized spacial score (nSPS) is 14.5. The van der Waals surface area contributed by atoms with E-state index in [4.69, 9.17) is 18.5 Å². The number of carbonyl (C=O) groups is 1. The zero-order chi connectivity index (χ0) is 43.4. The van der Waals surface area contributed by atoms with E-state index in [9.17, 15) is 14.3 Å². The molecule has 0 rings (SSSR count). The largest absolute Gasteiger partial charge is 0.756 e. The Balaban J connectivity index is 4.31. The highest BCUT2D eigenvalue weighted by molar-refractivity contribution is 7.45. The molecule has 2 unspecified atom stereocenters. The number of likely N-dealkylation sites (N-methyl/N-ethyl adjacent to an activating group) is 1. The van der Waals surface area contributed by atoms with Crippen molar-refractivity contribution in [3.05, 3.63) is 85.1 Å². The van der Waals surface area contributed by atoms with Crippen LogP contribution in [0.5, 0.6) is 0 Å². The number of rotatable bonds is 42. The van der Waals surface area contributed by atoms with Gasteiger partial charge in [-0.2, -0.15) is 0 Å². The van der Waals surface area contributed by atoms with Crippen LogP contribution in [0.3, 0.4) is 0 Å². The highest BCUT2D eigenvalue weighted by atomic mass is 31.2. The van der Waals surface area contributed by atoms with E-state index < -0.39 is 13.9 Å². The lowest BCUT2D eigenvalue weighted by Crippen LogP contribution is -2.37. The van der Waals surface area contributed by atoms with Crippen LogP contribution in [0.15, 0.2) is 85.1 Å². The second kappa shape index (κ2) is 42.4. The number of allylic oxidation sites excluding steroid dienone is 14. The molecule has 0 spiro atoms. The van der Waals surface area contributed by atoms with Gasteiger partial charge in [0.25, 0.3) is 7.82 Å². The maximum atomic E-state index is 12.7. The van der Waals surface area contributed by atoms with Crippen LogP contribution in [0.2, 0.25) is 0 Å². The second-order valence-electron chi connectivity index (χ2n) is 16.4. The van der Waals surface area contributed by atoms with E-state index >= 15 is 0 Å². The predicted octanol–water partition coefficient (Wildman–Crippen LogP) is 13.4. The zero-order valence-electron chi connectivity index (χ0n) is 38.4. The molecule has 8 nitrogen and oxygen atoms in total. The standard InChI is InChI=1S/C50H88NO7P/c1-6-8-10-12-14-16-18-20-22-23-24-25-26-27-28-30-32-34-36-38-40-42-45-55-47-49(48-57-59(53,54)56-46-44-51(3,4)5)58-50(52)43-41-39-37-35-33-31-29-21-19-17-15-13-11-9-7-2/h8,10,14,16,20-22,24-25,27-29,32,34,49H,6-7,9,11-13,15,17-19,23,26,30-31,33,35-48H2,1-5H3/b10-8-,16-14-,22-20-,25-24-,28-27-,29-21-,34-32-. The maximum absolute atomic E-state index is 12.7. The Kier molecular flexibility index (Phi) is 40.7. The molecule has 0 aromatic rings. The van der Waals surface area contributed by atoms with E-state index in [2.05, 4.69) is 98.9 Å². The lowest BCUT2D eigenvalue weighted by atomic mass is 10.1. The third kappa shape index (κ3) is 46.6. The van der Waals surface area contributed by atoms with Crippen LogP contribution in [-0.2, 0) is 27.9 Å². The molecule has 0 radical (unpaired) electrons. The molecule has 0 bridgehead atoms. The quantitative estimate of drug-likeness (QED) is 0.0199. The third-order valence-electron chi connectivity index (χ3n) is 9.43. The maximum Gasteiger partial charge on any atom is 0.306 e. The van der Waals surface area contributed by atoms with Crippen molar-refractivity contribution >= 4 is 13.8 Å². The Morgan fingerprint density at radius 2 is 0.983 bits per heavy atom. The van der Waals surface area contributed by atoms with Gasteiger partial charge < -0.3 is 27.9 Å². The van der Waals surface area contributed by atoms with Crippen LogP contribution in [-0.4, -0.2) is 70.7 Å². The van der Waals surface area contributed by atoms with Gasteiger partial charge in [-0.15, -0.1) is 0 Å². The minimum absolute atomic E-state index is 0.0132. The van der Waals surface area contributed by atoms with E-state index in [0.29, 0.717) is 17.6 Å². The Hall–Kier alpha value is -2.32. The summed E-state index contributed by atoms with van der Waals surface area (Å²) in [5, 5.41) is 0. The summed E-state index contributed by atoms with van der Waals surface area (Å²) in [6.45, 7) is 5.18. The molecule has 0 aliphatic heterocycles. The van der Waals surface area contributed by atoms with Gasteiger partial charge >= 0.3 is 5.97 Å². The molecular weight excluding hydrogens is 758 g/mol. The molecule has 9 heteroatoms. The number of phosphoric ester groups is 1. The number of esters is 1. The van der Waals surface area contributed by atoms with Crippen molar-refractivity contribution in [2.75, 3.05) is 54.1 Å². The lowest BCUT2D eigenvalue weighted by Gasteiger charge is -2.28. The molecule has 0 aromatic heterocycles. The van der Waals surface area contributed by atoms with E-state index in [1.807, 2.05) is 21.1 Å². The summed E-state index contributed by atoms with van der Waals surface area (Å²) < 4.78 is 34.6. The first-order chi connectivity index (χ1) is 28.6. The molecule has 0 aliphatic rings. The number of phosphoric acid groups is 1. The Labute approximate surface area is 363 Å².